The fraction of sp³-hybridized carbons (Fsp3) is 0.438. The molecule has 1 aromatic heterocycles. The van der Waals surface area contributed by atoms with E-state index < -0.39 is 5.97 Å². The number of carbonyl (C=O) groups excluding carboxylic acids is 2. The molecule has 0 radical (unpaired) electrons. The Kier molecular flexibility index (Phi) is 4.37. The summed E-state index contributed by atoms with van der Waals surface area (Å²) in [5.74, 6) is -0.979. The summed E-state index contributed by atoms with van der Waals surface area (Å²) in [6, 6.07) is 7.28. The van der Waals surface area contributed by atoms with E-state index in [0.29, 0.717) is 11.1 Å². The number of hydrogen-bond donors (Lipinski definition) is 1. The number of benzene rings is 1. The van der Waals surface area contributed by atoms with Crippen molar-refractivity contribution in [3.8, 4) is 6.08 Å². The average Bonchev–Trinajstić information content (AvgIpc) is 2.89. The number of hydrogen-bond acceptors (Lipinski definition) is 5. The first-order chi connectivity index (χ1) is 10.7. The van der Waals surface area contributed by atoms with Crippen LogP contribution in [0.15, 0.2) is 28.7 Å². The molecule has 1 amide bonds. The lowest BCUT2D eigenvalue weighted by Gasteiger charge is -2.22. The van der Waals surface area contributed by atoms with Crippen LogP contribution >= 0.6 is 0 Å². The van der Waals surface area contributed by atoms with Crippen LogP contribution in [0.2, 0.25) is 0 Å². The first-order valence-electron chi connectivity index (χ1n) is 7.56. The maximum absolute atomic E-state index is 11.8. The van der Waals surface area contributed by atoms with Crippen molar-refractivity contribution in [1.29, 1.82) is 0 Å². The van der Waals surface area contributed by atoms with E-state index in [2.05, 4.69) is 10.3 Å². The zero-order valence-electron chi connectivity index (χ0n) is 12.2. The van der Waals surface area contributed by atoms with Gasteiger partial charge in [-0.3, -0.25) is 9.59 Å². The summed E-state index contributed by atoms with van der Waals surface area (Å²) in [5.41, 5.74) is 1.15. The molecule has 1 heterocycles. The second-order valence-corrected chi connectivity index (χ2v) is 5.50. The Morgan fingerprint density at radius 1 is 1.23 bits per heavy atom. The van der Waals surface area contributed by atoms with Crippen molar-refractivity contribution < 1.29 is 18.7 Å². The van der Waals surface area contributed by atoms with Crippen molar-refractivity contribution >= 4 is 23.0 Å². The number of nitrogens with one attached hydrogen (secondary N) is 1. The fourth-order valence-electron chi connectivity index (χ4n) is 2.68. The summed E-state index contributed by atoms with van der Waals surface area (Å²) in [7, 11) is 0. The van der Waals surface area contributed by atoms with Crippen molar-refractivity contribution in [2.75, 3.05) is 0 Å². The third-order valence-corrected chi connectivity index (χ3v) is 3.75. The van der Waals surface area contributed by atoms with E-state index in [1.807, 2.05) is 6.07 Å². The van der Waals surface area contributed by atoms with Gasteiger partial charge in [0.25, 0.3) is 0 Å². The Hall–Kier alpha value is -2.37. The van der Waals surface area contributed by atoms with E-state index in [0.717, 1.165) is 25.7 Å². The molecule has 3 rings (SSSR count). The Balaban J connectivity index is 1.52. The molecule has 2 aromatic rings. The number of carbonyl (C=O) groups is 2. The van der Waals surface area contributed by atoms with Crippen molar-refractivity contribution in [3.05, 3.63) is 24.3 Å². The second-order valence-electron chi connectivity index (χ2n) is 5.50. The third kappa shape index (κ3) is 3.63. The Morgan fingerprint density at radius 3 is 2.77 bits per heavy atom. The monoisotopic (exact) mass is 302 g/mol. The molecule has 0 atom stereocenters. The maximum Gasteiger partial charge on any atom is 0.402 e. The number of rotatable bonds is 4. The lowest BCUT2D eigenvalue weighted by molar-refractivity contribution is -0.139. The van der Waals surface area contributed by atoms with Gasteiger partial charge < -0.3 is 14.5 Å². The highest BCUT2D eigenvalue weighted by atomic mass is 16.6. The number of fused-ring (bicyclic) bond motifs is 1. The minimum atomic E-state index is -0.667. The fourth-order valence-corrected chi connectivity index (χ4v) is 2.68. The van der Waals surface area contributed by atoms with Crippen molar-refractivity contribution in [1.82, 2.24) is 10.3 Å². The second kappa shape index (κ2) is 6.60. The highest BCUT2D eigenvalue weighted by molar-refractivity contribution is 5.95. The summed E-state index contributed by atoms with van der Waals surface area (Å²) < 4.78 is 10.3. The van der Waals surface area contributed by atoms with E-state index in [9.17, 15) is 9.59 Å². The van der Waals surface area contributed by atoms with Crippen LogP contribution in [-0.4, -0.2) is 22.9 Å². The van der Waals surface area contributed by atoms with Crippen LogP contribution in [0.3, 0.4) is 0 Å². The van der Waals surface area contributed by atoms with E-state index in [1.54, 1.807) is 18.2 Å². The number of amides is 1. The van der Waals surface area contributed by atoms with Crippen LogP contribution in [0, 0.1) is 0 Å². The van der Waals surface area contributed by atoms with E-state index in [4.69, 9.17) is 9.15 Å². The van der Waals surface area contributed by atoms with Gasteiger partial charge >= 0.3 is 12.0 Å². The molecule has 6 heteroatoms. The minimum Gasteiger partial charge on any atom is -0.409 e. The molecule has 1 N–H and O–H groups in total. The quantitative estimate of drug-likeness (QED) is 0.693. The van der Waals surface area contributed by atoms with Gasteiger partial charge in [0.15, 0.2) is 5.58 Å². The van der Waals surface area contributed by atoms with Gasteiger partial charge in [0.05, 0.1) is 0 Å². The van der Waals surface area contributed by atoms with E-state index >= 15 is 0 Å². The third-order valence-electron chi connectivity index (χ3n) is 3.75. The SMILES string of the molecule is O=C(CC(=O)Oc1nc2ccccc2o1)NC1CCCCC1. The predicted molar refractivity (Wildman–Crippen MR) is 79.3 cm³/mol. The lowest BCUT2D eigenvalue weighted by atomic mass is 9.95. The predicted octanol–water partition coefficient (Wildman–Crippen LogP) is 2.57. The molecule has 116 valence electrons. The number of para-hydroxylation sites is 2. The number of oxazole rings is 1. The van der Waals surface area contributed by atoms with Crippen LogP contribution < -0.4 is 10.1 Å². The molecule has 1 aliphatic carbocycles. The molecule has 6 nitrogen and oxygen atoms in total. The van der Waals surface area contributed by atoms with E-state index in [1.165, 1.54) is 6.42 Å². The Morgan fingerprint density at radius 2 is 2.00 bits per heavy atom. The van der Waals surface area contributed by atoms with Crippen LogP contribution in [0.25, 0.3) is 11.1 Å². The molecule has 0 bridgehead atoms. The van der Waals surface area contributed by atoms with Gasteiger partial charge in [0.1, 0.15) is 11.9 Å². The number of nitrogens with zero attached hydrogens (tertiary/aromatic N) is 1. The van der Waals surface area contributed by atoms with Crippen molar-refractivity contribution in [2.24, 2.45) is 0 Å². The van der Waals surface area contributed by atoms with Gasteiger partial charge in [-0.05, 0) is 25.0 Å². The van der Waals surface area contributed by atoms with Gasteiger partial charge in [-0.25, -0.2) is 0 Å². The maximum atomic E-state index is 11.8. The smallest absolute Gasteiger partial charge is 0.402 e. The topological polar surface area (TPSA) is 81.4 Å². The molecular formula is C16H18N2O4. The first kappa shape index (κ1) is 14.6. The molecule has 0 saturated heterocycles. The van der Waals surface area contributed by atoms with Crippen LogP contribution in [0.1, 0.15) is 38.5 Å². The summed E-state index contributed by atoms with van der Waals surface area (Å²) in [4.78, 5) is 27.6. The summed E-state index contributed by atoms with van der Waals surface area (Å²) >= 11 is 0. The van der Waals surface area contributed by atoms with Crippen LogP contribution in [-0.2, 0) is 9.59 Å². The van der Waals surface area contributed by atoms with Gasteiger partial charge in [-0.15, -0.1) is 0 Å². The Labute approximate surface area is 127 Å². The summed E-state index contributed by atoms with van der Waals surface area (Å²) in [5, 5.41) is 2.87. The standard InChI is InChI=1S/C16H18N2O4/c19-14(17-11-6-2-1-3-7-11)10-15(20)22-16-18-12-8-4-5-9-13(12)21-16/h4-5,8-9,11H,1-3,6-7,10H2,(H,17,19). The summed E-state index contributed by atoms with van der Waals surface area (Å²) in [6.07, 6.45) is 4.96. The molecule has 0 spiro atoms. The van der Waals surface area contributed by atoms with Gasteiger partial charge in [-0.1, -0.05) is 31.4 Å². The highest BCUT2D eigenvalue weighted by Crippen LogP contribution is 2.20. The lowest BCUT2D eigenvalue weighted by Crippen LogP contribution is -2.37. The van der Waals surface area contributed by atoms with Crippen molar-refractivity contribution in [3.63, 3.8) is 0 Å². The van der Waals surface area contributed by atoms with Crippen LogP contribution in [0.4, 0.5) is 0 Å². The molecule has 0 aliphatic heterocycles. The average molecular weight is 302 g/mol. The largest absolute Gasteiger partial charge is 0.409 e. The zero-order valence-corrected chi connectivity index (χ0v) is 12.2. The molecular weight excluding hydrogens is 284 g/mol. The normalized spacial score (nSPS) is 15.6. The van der Waals surface area contributed by atoms with Gasteiger partial charge in [-0.2, -0.15) is 4.98 Å². The first-order valence-corrected chi connectivity index (χ1v) is 7.56. The molecule has 0 unspecified atom stereocenters. The van der Waals surface area contributed by atoms with E-state index in [-0.39, 0.29) is 24.4 Å². The van der Waals surface area contributed by atoms with Crippen LogP contribution in [0.5, 0.6) is 6.08 Å². The molecule has 1 aliphatic rings. The molecule has 1 fully saturated rings. The van der Waals surface area contributed by atoms with Gasteiger partial charge in [0, 0.05) is 6.04 Å². The molecule has 1 saturated carbocycles. The molecule has 1 aromatic carbocycles. The molecule has 22 heavy (non-hydrogen) atoms. The number of esters is 1. The highest BCUT2D eigenvalue weighted by Gasteiger charge is 2.19. The van der Waals surface area contributed by atoms with Gasteiger partial charge in [0.2, 0.25) is 5.91 Å². The number of ether oxygens (including phenoxy) is 1. The number of aromatic nitrogens is 1. The van der Waals surface area contributed by atoms with Crippen molar-refractivity contribution in [2.45, 2.75) is 44.6 Å². The Bertz CT molecular complexity index is 641. The summed E-state index contributed by atoms with van der Waals surface area (Å²) in [6.45, 7) is 0. The zero-order chi connectivity index (χ0) is 15.4. The minimum absolute atomic E-state index is 0.128.